The van der Waals surface area contributed by atoms with Gasteiger partial charge in [-0.3, -0.25) is 44.5 Å². The van der Waals surface area contributed by atoms with Gasteiger partial charge in [0.15, 0.2) is 5.65 Å². The normalized spacial score (nSPS) is 12.9. The van der Waals surface area contributed by atoms with Gasteiger partial charge < -0.3 is 34.3 Å². The Kier molecular flexibility index (Phi) is 21.5. The molecule has 0 saturated heterocycles. The second-order valence-corrected chi connectivity index (χ2v) is 24.4. The summed E-state index contributed by atoms with van der Waals surface area (Å²) in [5.74, 6) is 12.2. The van der Waals surface area contributed by atoms with E-state index in [0.717, 1.165) is 82.8 Å². The highest BCUT2D eigenvalue weighted by Gasteiger charge is 2.33. The van der Waals surface area contributed by atoms with Gasteiger partial charge in [-0.1, -0.05) is 84.4 Å². The van der Waals surface area contributed by atoms with Gasteiger partial charge in [0.05, 0.1) is 16.6 Å². The molecule has 6 aromatic carbocycles. The number of hydrogen-bond donors (Lipinski definition) is 4. The fraction of sp³-hybridized carbons (Fsp3) is 0.216. The Morgan fingerprint density at radius 1 is 0.490 bits per heavy atom. The van der Waals surface area contributed by atoms with Crippen LogP contribution in [0.1, 0.15) is 85.6 Å². The van der Waals surface area contributed by atoms with Crippen LogP contribution < -0.4 is 23.0 Å². The number of aryl methyl sites for hydroxylation is 3. The number of nitrogens with zero attached hydrogens (tertiary/aromatic N) is 14. The number of hydrazine groups is 2. The number of aromatic nitrogens is 11. The molecule has 13 aromatic rings. The molecule has 10 heterocycles. The molecule has 0 unspecified atom stereocenters. The minimum Gasteiger partial charge on any atom is -0.330 e. The number of nitrogens with one attached hydrogen (secondary N) is 1. The van der Waals surface area contributed by atoms with Crippen LogP contribution in [0.25, 0.3) is 71.7 Å². The van der Waals surface area contributed by atoms with E-state index in [2.05, 4.69) is 52.6 Å². The van der Waals surface area contributed by atoms with Gasteiger partial charge in [-0.15, -0.1) is 10.2 Å². The highest BCUT2D eigenvalue weighted by atomic mass is 35.5. The third kappa shape index (κ3) is 15.4. The zero-order valence-corrected chi connectivity index (χ0v) is 57.3. The van der Waals surface area contributed by atoms with Crippen molar-refractivity contribution >= 4 is 73.5 Å². The zero-order valence-electron chi connectivity index (χ0n) is 56.6. The summed E-state index contributed by atoms with van der Waals surface area (Å²) in [6.45, 7) is 8.88. The number of hydrogen-bond acceptors (Lipinski definition) is 17. The summed E-state index contributed by atoms with van der Waals surface area (Å²) in [5, 5.41) is 24.2. The second-order valence-electron chi connectivity index (χ2n) is 24.0. The zero-order chi connectivity index (χ0) is 71.9. The molecule has 0 spiro atoms. The Morgan fingerprint density at radius 3 is 1.29 bits per heavy atom. The molecule has 522 valence electrons. The lowest BCUT2D eigenvalue weighted by Crippen LogP contribution is -2.24. The molecule has 0 radical (unpaired) electrons. The summed E-state index contributed by atoms with van der Waals surface area (Å²) in [7, 11) is 5.62. The predicted molar refractivity (Wildman–Crippen MR) is 380 cm³/mol. The first-order chi connectivity index (χ1) is 49.4. The van der Waals surface area contributed by atoms with Crippen LogP contribution in [0.5, 0.6) is 0 Å². The van der Waals surface area contributed by atoms with Gasteiger partial charge in [-0.05, 0) is 127 Å². The van der Waals surface area contributed by atoms with Gasteiger partial charge in [0.1, 0.15) is 51.8 Å². The fourth-order valence-electron chi connectivity index (χ4n) is 12.4. The molecule has 24 nitrogen and oxygen atoms in total. The Morgan fingerprint density at radius 2 is 0.873 bits per heavy atom. The average molecular weight is 1400 g/mol. The van der Waals surface area contributed by atoms with E-state index in [1.54, 1.807) is 69.5 Å². The van der Waals surface area contributed by atoms with Gasteiger partial charge in [0, 0.05) is 148 Å². The molecular weight excluding hydrogens is 1330 g/mol. The Balaban J connectivity index is 0.000000134. The summed E-state index contributed by atoms with van der Waals surface area (Å²) in [5.41, 5.74) is 16.0. The van der Waals surface area contributed by atoms with Gasteiger partial charge in [-0.25, -0.2) is 29.0 Å². The molecule has 16 rings (SSSR count). The minimum absolute atomic E-state index is 0.147. The standard InChI is InChI=1S/C23H17FN6O.C22H16ClFN4O.C22H19FN6O.C7H16O3.H4N2/c1-28-10-18-8-14(4-6-20(18)27-28)15-2-3-16(19(24)9-15)11-29-12-17-5-7-21-26-25-13-30(21)22(17)23(29)31;1-27-10-17-8-13(4-6-19(17)26-27)14-2-3-15(18(24)9-14)11-28-12-16-5-7-20(23)25-21(16)22(28)29;1-28-10-17-8-13(4-6-19(17)27-28)14-2-3-15(18(23)9-14)11-29-12-16-5-7-20(26-24)25-21(16)22(29)30;1-4-8-7(9-5-2)10-6-3;1-2/h2-10,13H,11-12H2,1H3;2-10H,11-12H2,1H3;2-10H,11-12,24H2,1H3,(H,25,26);7H,4-6H2,1-3H3;1-2H2. The van der Waals surface area contributed by atoms with Crippen LogP contribution in [0, 0.1) is 17.5 Å². The van der Waals surface area contributed by atoms with Crippen molar-refractivity contribution in [2.24, 2.45) is 38.7 Å². The van der Waals surface area contributed by atoms with Crippen molar-refractivity contribution in [3.05, 3.63) is 244 Å². The van der Waals surface area contributed by atoms with Gasteiger partial charge >= 0.3 is 0 Å². The number of nitrogens with two attached hydrogens (primary N) is 3. The highest BCUT2D eigenvalue weighted by Crippen LogP contribution is 2.34. The van der Waals surface area contributed by atoms with Gasteiger partial charge in [-0.2, -0.15) is 15.3 Å². The summed E-state index contributed by atoms with van der Waals surface area (Å²) < 4.78 is 66.9. The number of benzene rings is 6. The number of fused-ring (bicyclic) bond motifs is 8. The lowest BCUT2D eigenvalue weighted by Gasteiger charge is -2.16. The molecular formula is C74H72ClF3N18O6. The predicted octanol–water partition coefficient (Wildman–Crippen LogP) is 11.6. The molecule has 102 heavy (non-hydrogen) atoms. The Hall–Kier alpha value is -11.3. The van der Waals surface area contributed by atoms with E-state index in [1.165, 1.54) is 24.5 Å². The quantitative estimate of drug-likeness (QED) is 0.0303. The van der Waals surface area contributed by atoms with E-state index in [0.29, 0.717) is 84.7 Å². The molecule has 0 saturated carbocycles. The number of carbonyl (C=O) groups excluding carboxylic acids is 3. The summed E-state index contributed by atoms with van der Waals surface area (Å²) in [4.78, 5) is 51.3. The number of anilines is 1. The smallest absolute Gasteiger partial charge is 0.273 e. The van der Waals surface area contributed by atoms with E-state index in [9.17, 15) is 27.6 Å². The van der Waals surface area contributed by atoms with Crippen LogP contribution in [0.2, 0.25) is 5.15 Å². The maximum absolute atomic E-state index is 15.0. The van der Waals surface area contributed by atoms with Crippen molar-refractivity contribution in [2.45, 2.75) is 66.5 Å². The maximum Gasteiger partial charge on any atom is 0.273 e. The largest absolute Gasteiger partial charge is 0.330 e. The highest BCUT2D eigenvalue weighted by molar-refractivity contribution is 6.29. The van der Waals surface area contributed by atoms with Crippen molar-refractivity contribution < 1.29 is 41.8 Å². The molecule has 0 fully saturated rings. The Bertz CT molecular complexity index is 5260. The topological polar surface area (TPSA) is 288 Å². The van der Waals surface area contributed by atoms with E-state index in [4.69, 9.17) is 31.7 Å². The summed E-state index contributed by atoms with van der Waals surface area (Å²) >= 11 is 5.89. The van der Waals surface area contributed by atoms with Crippen LogP contribution in [0.3, 0.4) is 0 Å². The lowest BCUT2D eigenvalue weighted by atomic mass is 10.0. The van der Waals surface area contributed by atoms with E-state index >= 15 is 0 Å². The molecule has 28 heteroatoms. The Labute approximate surface area is 588 Å². The number of pyridine rings is 3. The molecule has 7 aromatic heterocycles. The lowest BCUT2D eigenvalue weighted by molar-refractivity contribution is -0.282. The summed E-state index contributed by atoms with van der Waals surface area (Å²) in [6, 6.07) is 43.6. The SMILES string of the molecule is CCOC(OCC)OCC.Cn1cc2cc(-c3ccc(CN4Cc5ccc(Cl)nc5C4=O)c(F)c3)ccc2n1.Cn1cc2cc(-c3ccc(CN4Cc5ccc(NN)nc5C4=O)c(F)c3)ccc2n1.Cn1cc2cc(-c3ccc(CN4Cc5ccc6nncn6c5C4=O)c(F)c3)ccc2n1.NN. The number of carbonyl (C=O) groups is 3. The molecule has 3 aliphatic heterocycles. The number of amides is 3. The van der Waals surface area contributed by atoms with Crippen LogP contribution in [0.4, 0.5) is 19.0 Å². The van der Waals surface area contributed by atoms with E-state index in [1.807, 2.05) is 152 Å². The van der Waals surface area contributed by atoms with Gasteiger partial charge in [0.2, 0.25) is 0 Å². The third-order valence-corrected chi connectivity index (χ3v) is 17.4. The summed E-state index contributed by atoms with van der Waals surface area (Å²) in [6.07, 6.45) is 7.33. The first-order valence-corrected chi connectivity index (χ1v) is 32.9. The fourth-order valence-corrected chi connectivity index (χ4v) is 12.5. The number of halogens is 4. The van der Waals surface area contributed by atoms with Gasteiger partial charge in [0.25, 0.3) is 24.2 Å². The van der Waals surface area contributed by atoms with Crippen LogP contribution >= 0.6 is 11.6 Å². The van der Waals surface area contributed by atoms with Crippen molar-refractivity contribution in [2.75, 3.05) is 25.2 Å². The number of nitrogen functional groups attached to an aromatic ring is 1. The molecule has 0 atom stereocenters. The van der Waals surface area contributed by atoms with Crippen molar-refractivity contribution in [3.63, 3.8) is 0 Å². The van der Waals surface area contributed by atoms with E-state index < -0.39 is 6.48 Å². The maximum atomic E-state index is 15.0. The van der Waals surface area contributed by atoms with Crippen LogP contribution in [-0.4, -0.2) is 113 Å². The second kappa shape index (κ2) is 31.1. The number of ether oxygens (including phenoxy) is 3. The van der Waals surface area contributed by atoms with Crippen LogP contribution in [-0.2, 0) is 74.6 Å². The minimum atomic E-state index is -0.472. The van der Waals surface area contributed by atoms with E-state index in [-0.39, 0.29) is 60.0 Å². The van der Waals surface area contributed by atoms with Crippen molar-refractivity contribution in [1.82, 2.24) is 68.6 Å². The van der Waals surface area contributed by atoms with Crippen molar-refractivity contribution in [3.8, 4) is 33.4 Å². The monoisotopic (exact) mass is 1400 g/mol. The van der Waals surface area contributed by atoms with Crippen molar-refractivity contribution in [1.29, 1.82) is 0 Å². The first kappa shape index (κ1) is 70.6. The first-order valence-electron chi connectivity index (χ1n) is 32.6. The van der Waals surface area contributed by atoms with Crippen LogP contribution in [0.15, 0.2) is 171 Å². The molecule has 7 N–H and O–H groups in total. The molecule has 0 bridgehead atoms. The third-order valence-electron chi connectivity index (χ3n) is 17.2. The average Bonchev–Trinajstić information content (AvgIpc) is 1.62. The molecule has 3 aliphatic rings. The molecule has 0 aliphatic carbocycles. The number of rotatable bonds is 16. The molecule has 3 amide bonds.